The number of rotatable bonds is 7. The van der Waals surface area contributed by atoms with Crippen LogP contribution in [0.3, 0.4) is 0 Å². The minimum atomic E-state index is -0.115. The van der Waals surface area contributed by atoms with Crippen molar-refractivity contribution in [2.75, 3.05) is 40.0 Å². The highest BCUT2D eigenvalue weighted by molar-refractivity contribution is 14.0. The first-order chi connectivity index (χ1) is 12.7. The van der Waals surface area contributed by atoms with Gasteiger partial charge in [-0.05, 0) is 56.7 Å². The number of methoxy groups -OCH3 is 1. The molecule has 0 aromatic heterocycles. The topological polar surface area (TPSA) is 54.9 Å². The zero-order valence-corrected chi connectivity index (χ0v) is 19.3. The predicted molar refractivity (Wildman–Crippen MR) is 122 cm³/mol. The Balaban J connectivity index is 0.00000261. The molecule has 1 saturated carbocycles. The van der Waals surface area contributed by atoms with Gasteiger partial charge in [-0.25, -0.2) is 0 Å². The third kappa shape index (κ3) is 6.12. The normalized spacial score (nSPS) is 19.1. The summed E-state index contributed by atoms with van der Waals surface area (Å²) in [7, 11) is 1.71. The first-order valence-corrected chi connectivity index (χ1v) is 9.98. The Bertz CT molecular complexity index is 632. The molecule has 1 aliphatic carbocycles. The molecule has 0 amide bonds. The van der Waals surface area contributed by atoms with Gasteiger partial charge in [-0.15, -0.1) is 24.0 Å². The summed E-state index contributed by atoms with van der Waals surface area (Å²) >= 11 is 6.31. The molecule has 1 heterocycles. The number of hydrogen-bond acceptors (Lipinski definition) is 3. The molecule has 27 heavy (non-hydrogen) atoms. The van der Waals surface area contributed by atoms with Crippen molar-refractivity contribution in [1.82, 2.24) is 10.6 Å². The van der Waals surface area contributed by atoms with E-state index in [1.165, 1.54) is 12.8 Å². The number of ether oxygens (including phenoxy) is 2. The van der Waals surface area contributed by atoms with E-state index in [2.05, 4.69) is 17.6 Å². The Morgan fingerprint density at radius 1 is 1.30 bits per heavy atom. The van der Waals surface area contributed by atoms with Crippen molar-refractivity contribution in [2.45, 2.75) is 38.0 Å². The maximum atomic E-state index is 6.31. The summed E-state index contributed by atoms with van der Waals surface area (Å²) in [6.45, 7) is 6.11. The fourth-order valence-corrected chi connectivity index (χ4v) is 3.68. The summed E-state index contributed by atoms with van der Waals surface area (Å²) in [6, 6.07) is 5.86. The van der Waals surface area contributed by atoms with Gasteiger partial charge in [0, 0.05) is 42.3 Å². The van der Waals surface area contributed by atoms with Crippen LogP contribution in [0, 0.1) is 5.92 Å². The molecule has 152 valence electrons. The van der Waals surface area contributed by atoms with Gasteiger partial charge in [-0.3, -0.25) is 4.99 Å². The van der Waals surface area contributed by atoms with Crippen molar-refractivity contribution in [3.63, 3.8) is 0 Å². The number of halogens is 2. The van der Waals surface area contributed by atoms with Gasteiger partial charge in [-0.2, -0.15) is 0 Å². The first kappa shape index (κ1) is 22.6. The fraction of sp³-hybridized carbons (Fsp3) is 0.650. The van der Waals surface area contributed by atoms with Crippen LogP contribution in [0.1, 0.15) is 38.2 Å². The van der Waals surface area contributed by atoms with Crippen LogP contribution >= 0.6 is 35.6 Å². The quantitative estimate of drug-likeness (QED) is 0.333. The molecule has 5 nitrogen and oxygen atoms in total. The minimum Gasteiger partial charge on any atom is -0.496 e. The lowest BCUT2D eigenvalue weighted by atomic mass is 9.73. The van der Waals surface area contributed by atoms with Gasteiger partial charge in [-0.1, -0.05) is 11.6 Å². The van der Waals surface area contributed by atoms with E-state index in [4.69, 9.17) is 26.1 Å². The van der Waals surface area contributed by atoms with E-state index in [1.54, 1.807) is 7.11 Å². The van der Waals surface area contributed by atoms with Crippen LogP contribution in [0.4, 0.5) is 0 Å². The highest BCUT2D eigenvalue weighted by Gasteiger charge is 2.37. The van der Waals surface area contributed by atoms with Gasteiger partial charge in [0.25, 0.3) is 0 Å². The number of nitrogens with zero attached hydrogens (tertiary/aromatic N) is 1. The van der Waals surface area contributed by atoms with Crippen molar-refractivity contribution >= 4 is 41.5 Å². The van der Waals surface area contributed by atoms with E-state index in [0.29, 0.717) is 6.54 Å². The van der Waals surface area contributed by atoms with Crippen LogP contribution in [0.25, 0.3) is 0 Å². The van der Waals surface area contributed by atoms with E-state index in [1.807, 2.05) is 18.2 Å². The second-order valence-corrected chi connectivity index (χ2v) is 7.69. The van der Waals surface area contributed by atoms with Gasteiger partial charge in [0.15, 0.2) is 5.96 Å². The molecule has 3 rings (SSSR count). The van der Waals surface area contributed by atoms with Crippen LogP contribution < -0.4 is 15.4 Å². The number of benzene rings is 1. The number of hydrogen-bond donors (Lipinski definition) is 2. The zero-order valence-electron chi connectivity index (χ0n) is 16.2. The van der Waals surface area contributed by atoms with E-state index in [-0.39, 0.29) is 29.4 Å². The summed E-state index contributed by atoms with van der Waals surface area (Å²) in [6.07, 6.45) is 4.48. The summed E-state index contributed by atoms with van der Waals surface area (Å²) in [5, 5.41) is 7.58. The second-order valence-electron chi connectivity index (χ2n) is 7.26. The van der Waals surface area contributed by atoms with Crippen molar-refractivity contribution in [1.29, 1.82) is 0 Å². The zero-order chi connectivity index (χ0) is 18.4. The molecule has 2 N–H and O–H groups in total. The van der Waals surface area contributed by atoms with Gasteiger partial charge in [0.2, 0.25) is 0 Å². The largest absolute Gasteiger partial charge is 0.496 e. The van der Waals surface area contributed by atoms with Crippen molar-refractivity contribution in [3.8, 4) is 5.75 Å². The first-order valence-electron chi connectivity index (χ1n) is 9.61. The molecule has 0 atom stereocenters. The predicted octanol–water partition coefficient (Wildman–Crippen LogP) is 3.98. The van der Waals surface area contributed by atoms with Gasteiger partial charge < -0.3 is 20.1 Å². The van der Waals surface area contributed by atoms with Crippen molar-refractivity contribution in [3.05, 3.63) is 28.8 Å². The Hall–Kier alpha value is -0.730. The molecular formula is C20H31ClIN3O2. The summed E-state index contributed by atoms with van der Waals surface area (Å²) in [5.74, 6) is 2.58. The number of nitrogens with one attached hydrogen (secondary N) is 2. The Labute approximate surface area is 184 Å². The van der Waals surface area contributed by atoms with Gasteiger partial charge >= 0.3 is 0 Å². The molecule has 0 radical (unpaired) electrons. The Morgan fingerprint density at radius 3 is 2.67 bits per heavy atom. The van der Waals surface area contributed by atoms with Crippen LogP contribution in [-0.2, 0) is 10.2 Å². The lowest BCUT2D eigenvalue weighted by Gasteiger charge is -2.37. The van der Waals surface area contributed by atoms with Gasteiger partial charge in [0.05, 0.1) is 13.7 Å². The molecule has 7 heteroatoms. The molecular weight excluding hydrogens is 477 g/mol. The molecule has 1 aromatic rings. The summed E-state index contributed by atoms with van der Waals surface area (Å²) < 4.78 is 11.3. The molecule has 1 aromatic carbocycles. The number of aliphatic imine (C=N–C) groups is 1. The monoisotopic (exact) mass is 507 g/mol. The van der Waals surface area contributed by atoms with E-state index in [9.17, 15) is 0 Å². The second kappa shape index (κ2) is 10.7. The van der Waals surface area contributed by atoms with Crippen LogP contribution in [0.15, 0.2) is 23.2 Å². The van der Waals surface area contributed by atoms with Gasteiger partial charge in [0.1, 0.15) is 5.75 Å². The number of guanidine groups is 1. The summed E-state index contributed by atoms with van der Waals surface area (Å²) in [4.78, 5) is 4.93. The lowest BCUT2D eigenvalue weighted by Crippen LogP contribution is -2.42. The smallest absolute Gasteiger partial charge is 0.191 e. The van der Waals surface area contributed by atoms with Crippen LogP contribution in [0.5, 0.6) is 5.75 Å². The fourth-order valence-electron chi connectivity index (χ4n) is 3.50. The molecule has 0 spiro atoms. The third-order valence-corrected chi connectivity index (χ3v) is 5.56. The maximum Gasteiger partial charge on any atom is 0.191 e. The Kier molecular flexibility index (Phi) is 8.95. The maximum absolute atomic E-state index is 6.31. The standard InChI is InChI=1S/C20H30ClN3O2.HI/c1-3-22-19(23-13-15-4-5-15)24-14-20(8-10-26-11-9-20)17-12-16(21)6-7-18(17)25-2;/h6-7,12,15H,3-5,8-11,13-14H2,1-2H3,(H2,22,23,24);1H. The molecule has 2 aliphatic rings. The molecule has 0 bridgehead atoms. The van der Waals surface area contributed by atoms with E-state index < -0.39 is 0 Å². The van der Waals surface area contributed by atoms with E-state index in [0.717, 1.165) is 67.4 Å². The molecule has 2 fully saturated rings. The highest BCUT2D eigenvalue weighted by Crippen LogP contribution is 2.41. The van der Waals surface area contributed by atoms with Crippen LogP contribution in [-0.4, -0.2) is 45.9 Å². The average Bonchev–Trinajstić information content (AvgIpc) is 3.49. The lowest BCUT2D eigenvalue weighted by molar-refractivity contribution is 0.0523. The molecule has 0 unspecified atom stereocenters. The Morgan fingerprint density at radius 2 is 2.04 bits per heavy atom. The highest BCUT2D eigenvalue weighted by atomic mass is 127. The summed E-state index contributed by atoms with van der Waals surface area (Å²) in [5.41, 5.74) is 1.02. The minimum absolute atomic E-state index is 0. The van der Waals surface area contributed by atoms with E-state index >= 15 is 0 Å². The van der Waals surface area contributed by atoms with Crippen molar-refractivity contribution < 1.29 is 9.47 Å². The van der Waals surface area contributed by atoms with Crippen molar-refractivity contribution in [2.24, 2.45) is 10.9 Å². The average molecular weight is 508 g/mol. The van der Waals surface area contributed by atoms with Crippen LogP contribution in [0.2, 0.25) is 5.02 Å². The SMILES string of the molecule is CCNC(=NCC1(c2cc(Cl)ccc2OC)CCOCC1)NCC1CC1.I. The molecule has 1 saturated heterocycles. The molecule has 1 aliphatic heterocycles. The third-order valence-electron chi connectivity index (χ3n) is 5.32.